The van der Waals surface area contributed by atoms with Gasteiger partial charge in [0.2, 0.25) is 0 Å². The van der Waals surface area contributed by atoms with Gasteiger partial charge in [-0.3, -0.25) is 4.90 Å². The van der Waals surface area contributed by atoms with Crippen molar-refractivity contribution in [3.8, 4) is 0 Å². The second-order valence-electron chi connectivity index (χ2n) is 4.35. The minimum atomic E-state index is -0.613. The Balaban J connectivity index is 2.10. The van der Waals surface area contributed by atoms with Gasteiger partial charge >= 0.3 is 0 Å². The summed E-state index contributed by atoms with van der Waals surface area (Å²) in [6.07, 6.45) is 2.49. The molecule has 2 saturated heterocycles. The van der Waals surface area contributed by atoms with E-state index in [1.165, 1.54) is 0 Å². The van der Waals surface area contributed by atoms with Crippen molar-refractivity contribution in [2.75, 3.05) is 20.2 Å². The van der Waals surface area contributed by atoms with Gasteiger partial charge in [-0.05, 0) is 19.3 Å². The van der Waals surface area contributed by atoms with Gasteiger partial charge in [-0.15, -0.1) is 0 Å². The van der Waals surface area contributed by atoms with E-state index in [0.29, 0.717) is 19.1 Å². The number of rotatable bonds is 2. The first kappa shape index (κ1) is 9.41. The molecule has 0 amide bonds. The van der Waals surface area contributed by atoms with Crippen LogP contribution in [0.15, 0.2) is 0 Å². The van der Waals surface area contributed by atoms with E-state index in [4.69, 9.17) is 4.74 Å². The van der Waals surface area contributed by atoms with Crippen molar-refractivity contribution in [2.24, 2.45) is 0 Å². The molecule has 0 aromatic carbocycles. The Hall–Kier alpha value is -0.150. The predicted octanol–water partition coefficient (Wildman–Crippen LogP) is 1.60. The van der Waals surface area contributed by atoms with Crippen LogP contribution in [0.5, 0.6) is 0 Å². The standard InChI is InChI=1S/C10H18FNO/c1-3-10-4-8(11)6-12(10)7-9(5-10)13-2/h8-9H,3-7H2,1-2H3/t8-,9-,10+/m1/s1. The zero-order valence-electron chi connectivity index (χ0n) is 8.42. The average Bonchev–Trinajstić information content (AvgIpc) is 2.57. The summed E-state index contributed by atoms with van der Waals surface area (Å²) < 4.78 is 18.6. The Bertz CT molecular complexity index is 199. The van der Waals surface area contributed by atoms with E-state index in [1.807, 2.05) is 0 Å². The Morgan fingerprint density at radius 2 is 2.23 bits per heavy atom. The minimum absolute atomic E-state index is 0.125. The summed E-state index contributed by atoms with van der Waals surface area (Å²) >= 11 is 0. The van der Waals surface area contributed by atoms with Gasteiger partial charge in [0.25, 0.3) is 0 Å². The number of ether oxygens (including phenoxy) is 1. The second-order valence-corrected chi connectivity index (χ2v) is 4.35. The Morgan fingerprint density at radius 3 is 2.77 bits per heavy atom. The minimum Gasteiger partial charge on any atom is -0.380 e. The highest BCUT2D eigenvalue weighted by Gasteiger charge is 2.50. The molecule has 13 heavy (non-hydrogen) atoms. The molecule has 0 bridgehead atoms. The molecule has 2 nitrogen and oxygen atoms in total. The number of alkyl halides is 1. The fourth-order valence-corrected chi connectivity index (χ4v) is 2.92. The lowest BCUT2D eigenvalue weighted by atomic mass is 9.90. The highest BCUT2D eigenvalue weighted by Crippen LogP contribution is 2.42. The van der Waals surface area contributed by atoms with E-state index in [9.17, 15) is 4.39 Å². The number of fused-ring (bicyclic) bond motifs is 1. The number of halogens is 1. The molecule has 0 spiro atoms. The van der Waals surface area contributed by atoms with Gasteiger partial charge in [0.05, 0.1) is 6.10 Å². The van der Waals surface area contributed by atoms with E-state index in [-0.39, 0.29) is 5.54 Å². The van der Waals surface area contributed by atoms with Crippen molar-refractivity contribution in [3.05, 3.63) is 0 Å². The van der Waals surface area contributed by atoms with Crippen molar-refractivity contribution in [3.63, 3.8) is 0 Å². The van der Waals surface area contributed by atoms with Crippen LogP contribution in [0.25, 0.3) is 0 Å². The van der Waals surface area contributed by atoms with E-state index in [1.54, 1.807) is 7.11 Å². The van der Waals surface area contributed by atoms with Gasteiger partial charge in [-0.2, -0.15) is 0 Å². The monoisotopic (exact) mass is 187 g/mol. The lowest BCUT2D eigenvalue weighted by molar-refractivity contribution is 0.104. The maximum absolute atomic E-state index is 13.2. The summed E-state index contributed by atoms with van der Waals surface area (Å²) in [5.41, 5.74) is 0.125. The predicted molar refractivity (Wildman–Crippen MR) is 49.5 cm³/mol. The van der Waals surface area contributed by atoms with Crippen molar-refractivity contribution < 1.29 is 9.13 Å². The highest BCUT2D eigenvalue weighted by molar-refractivity contribution is 5.05. The summed E-state index contributed by atoms with van der Waals surface area (Å²) in [6, 6.07) is 0. The molecule has 0 aromatic rings. The lowest BCUT2D eigenvalue weighted by Gasteiger charge is -2.29. The van der Waals surface area contributed by atoms with Crippen LogP contribution in [0.1, 0.15) is 26.2 Å². The Morgan fingerprint density at radius 1 is 1.46 bits per heavy atom. The van der Waals surface area contributed by atoms with Crippen LogP contribution >= 0.6 is 0 Å². The normalized spacial score (nSPS) is 45.5. The molecule has 0 aliphatic carbocycles. The van der Waals surface area contributed by atoms with Crippen LogP contribution in [0, 0.1) is 0 Å². The molecule has 76 valence electrons. The van der Waals surface area contributed by atoms with Gasteiger partial charge in [0.1, 0.15) is 6.17 Å². The molecule has 0 N–H and O–H groups in total. The van der Waals surface area contributed by atoms with E-state index < -0.39 is 6.17 Å². The first-order chi connectivity index (χ1) is 6.20. The van der Waals surface area contributed by atoms with Gasteiger partial charge in [-0.1, -0.05) is 6.92 Å². The molecule has 0 saturated carbocycles. The molecule has 2 fully saturated rings. The third-order valence-corrected chi connectivity index (χ3v) is 3.71. The topological polar surface area (TPSA) is 12.5 Å². The van der Waals surface area contributed by atoms with Crippen LogP contribution in [-0.4, -0.2) is 42.9 Å². The maximum atomic E-state index is 13.2. The molecular formula is C10H18FNO. The summed E-state index contributed by atoms with van der Waals surface area (Å²) in [5, 5.41) is 0. The zero-order chi connectivity index (χ0) is 9.47. The maximum Gasteiger partial charge on any atom is 0.115 e. The molecule has 0 aromatic heterocycles. The molecule has 2 heterocycles. The second kappa shape index (κ2) is 3.21. The molecule has 2 aliphatic rings. The molecule has 3 heteroatoms. The summed E-state index contributed by atoms with van der Waals surface area (Å²) in [6.45, 7) is 3.70. The van der Waals surface area contributed by atoms with E-state index >= 15 is 0 Å². The summed E-state index contributed by atoms with van der Waals surface area (Å²) in [7, 11) is 1.75. The number of nitrogens with zero attached hydrogens (tertiary/aromatic N) is 1. The molecule has 2 rings (SSSR count). The molecule has 0 unspecified atom stereocenters. The molecule has 0 radical (unpaired) electrons. The van der Waals surface area contributed by atoms with Crippen LogP contribution in [0.3, 0.4) is 0 Å². The Kier molecular flexibility index (Phi) is 2.32. The molecular weight excluding hydrogens is 169 g/mol. The zero-order valence-corrected chi connectivity index (χ0v) is 8.42. The average molecular weight is 187 g/mol. The first-order valence-corrected chi connectivity index (χ1v) is 5.12. The summed E-state index contributed by atoms with van der Waals surface area (Å²) in [5.74, 6) is 0. The fraction of sp³-hybridized carbons (Fsp3) is 1.00. The molecule has 3 atom stereocenters. The van der Waals surface area contributed by atoms with E-state index in [0.717, 1.165) is 19.4 Å². The number of hydrogen-bond donors (Lipinski definition) is 0. The largest absolute Gasteiger partial charge is 0.380 e. The first-order valence-electron chi connectivity index (χ1n) is 5.12. The third kappa shape index (κ3) is 1.38. The highest BCUT2D eigenvalue weighted by atomic mass is 19.1. The van der Waals surface area contributed by atoms with Crippen LogP contribution in [0.4, 0.5) is 4.39 Å². The van der Waals surface area contributed by atoms with Crippen molar-refractivity contribution >= 4 is 0 Å². The van der Waals surface area contributed by atoms with Gasteiger partial charge in [0, 0.05) is 25.7 Å². The third-order valence-electron chi connectivity index (χ3n) is 3.71. The van der Waals surface area contributed by atoms with Crippen molar-refractivity contribution in [1.82, 2.24) is 4.90 Å². The smallest absolute Gasteiger partial charge is 0.115 e. The Labute approximate surface area is 79.1 Å². The van der Waals surface area contributed by atoms with Gasteiger partial charge < -0.3 is 4.74 Å². The fourth-order valence-electron chi connectivity index (χ4n) is 2.92. The lowest BCUT2D eigenvalue weighted by Crippen LogP contribution is -2.37. The summed E-state index contributed by atoms with van der Waals surface area (Å²) in [4.78, 5) is 2.28. The van der Waals surface area contributed by atoms with Crippen LogP contribution < -0.4 is 0 Å². The SMILES string of the molecule is CC[C@@]12C[C@@H](F)CN1C[C@H](OC)C2. The molecule has 2 aliphatic heterocycles. The van der Waals surface area contributed by atoms with Crippen molar-refractivity contribution in [2.45, 2.75) is 44.0 Å². The van der Waals surface area contributed by atoms with Crippen LogP contribution in [0.2, 0.25) is 0 Å². The quantitative estimate of drug-likeness (QED) is 0.651. The van der Waals surface area contributed by atoms with Crippen LogP contribution in [-0.2, 0) is 4.74 Å². The number of methoxy groups -OCH3 is 1. The van der Waals surface area contributed by atoms with Crippen molar-refractivity contribution in [1.29, 1.82) is 0 Å². The van der Waals surface area contributed by atoms with Gasteiger partial charge in [0.15, 0.2) is 0 Å². The van der Waals surface area contributed by atoms with Gasteiger partial charge in [-0.25, -0.2) is 4.39 Å². The number of hydrogen-bond acceptors (Lipinski definition) is 2. The van der Waals surface area contributed by atoms with E-state index in [2.05, 4.69) is 11.8 Å².